The van der Waals surface area contributed by atoms with E-state index in [0.29, 0.717) is 0 Å². The molecule has 0 aliphatic carbocycles. The van der Waals surface area contributed by atoms with Gasteiger partial charge in [-0.05, 0) is 0 Å². The van der Waals surface area contributed by atoms with Gasteiger partial charge in [0, 0.05) is 94.1 Å². The van der Waals surface area contributed by atoms with Crippen molar-refractivity contribution in [1.82, 2.24) is 0 Å². The summed E-state index contributed by atoms with van der Waals surface area (Å²) in [5.41, 5.74) is 0. The maximum absolute atomic E-state index is 0. The summed E-state index contributed by atoms with van der Waals surface area (Å²) in [6, 6.07) is 0. The molecule has 0 saturated heterocycles. The Hall–Kier alpha value is 2.96. The second kappa shape index (κ2) is 28.2. The summed E-state index contributed by atoms with van der Waals surface area (Å²) in [5.74, 6) is 0. The second-order valence-electron chi connectivity index (χ2n) is 0. The summed E-state index contributed by atoms with van der Waals surface area (Å²) in [4.78, 5) is 0. The van der Waals surface area contributed by atoms with Gasteiger partial charge in [0.05, 0.1) is 0 Å². The summed E-state index contributed by atoms with van der Waals surface area (Å²) < 4.78 is 0. The predicted octanol–water partition coefficient (Wildman–Crippen LogP) is -0.0125. The average Bonchev–Trinajstić information content (AvgIpc) is 0. The molecule has 0 rings (SSSR count). The number of rotatable bonds is 0. The summed E-state index contributed by atoms with van der Waals surface area (Å²) in [7, 11) is 0. The molecule has 5 heavy (non-hydrogen) atoms. The first-order valence-corrected chi connectivity index (χ1v) is 0. The van der Waals surface area contributed by atoms with E-state index in [1.165, 1.54) is 0 Å². The summed E-state index contributed by atoms with van der Waals surface area (Å²) in [5, 5.41) is 0. The van der Waals surface area contributed by atoms with E-state index in [-0.39, 0.29) is 94.1 Å². The van der Waals surface area contributed by atoms with Crippen LogP contribution in [-0.2, 0) is 94.1 Å². The van der Waals surface area contributed by atoms with Crippen molar-refractivity contribution in [3.8, 4) is 0 Å². The molecule has 0 atom stereocenters. The van der Waals surface area contributed by atoms with Gasteiger partial charge in [-0.1, -0.05) is 0 Å². The molecule has 2 radical (unpaired) electrons. The predicted molar refractivity (Wildman–Crippen MR) is 0 cm³/mol. The third-order valence-electron chi connectivity index (χ3n) is 0. The van der Waals surface area contributed by atoms with Gasteiger partial charge in [-0.25, -0.2) is 0 Å². The third kappa shape index (κ3) is 19.5. The topological polar surface area (TPSA) is 0 Å². The zero-order valence-corrected chi connectivity index (χ0v) is 9.06. The molecule has 0 aliphatic heterocycles. The van der Waals surface area contributed by atoms with Crippen LogP contribution in [0.3, 0.4) is 0 Å². The molecule has 5 heteroatoms. The molecule has 0 heterocycles. The maximum Gasteiger partial charge on any atom is 0 e. The zero-order chi connectivity index (χ0) is 0. The molecule has 0 fully saturated rings. The van der Waals surface area contributed by atoms with Gasteiger partial charge in [-0.3, -0.25) is 0 Å². The summed E-state index contributed by atoms with van der Waals surface area (Å²) in [6.45, 7) is 0. The average molecular weight is 570 g/mol. The first kappa shape index (κ1) is 44.0. The minimum atomic E-state index is 0. The van der Waals surface area contributed by atoms with Crippen LogP contribution in [0, 0.1) is 0 Å². The molecular weight excluding hydrogens is 570 g/mol. The molecule has 0 saturated carbocycles. The fourth-order valence-corrected chi connectivity index (χ4v) is 0. The second-order valence-corrected chi connectivity index (χ2v) is 0. The van der Waals surface area contributed by atoms with Gasteiger partial charge in [0.1, 0.15) is 0 Å². The monoisotopic (exact) mass is 569 g/mol. The van der Waals surface area contributed by atoms with Crippen molar-refractivity contribution in [2.45, 2.75) is 0 Å². The van der Waals surface area contributed by atoms with E-state index in [4.69, 9.17) is 0 Å². The standard InChI is InChI=1S/Au.Cu.Fe.Ni.Pt. The van der Waals surface area contributed by atoms with Crippen LogP contribution >= 0.6 is 0 Å². The van der Waals surface area contributed by atoms with Gasteiger partial charge < -0.3 is 0 Å². The van der Waals surface area contributed by atoms with Crippen LogP contribution in [0.4, 0.5) is 0 Å². The van der Waals surface area contributed by atoms with Crippen LogP contribution in [0.5, 0.6) is 0 Å². The third-order valence-corrected chi connectivity index (χ3v) is 0. The molecule has 0 nitrogen and oxygen atoms in total. The minimum Gasteiger partial charge on any atom is 0 e. The minimum absolute atomic E-state index is 0. The van der Waals surface area contributed by atoms with Crippen LogP contribution < -0.4 is 0 Å². The molecule has 50 valence electrons. The Kier molecular flexibility index (Phi) is 248. The van der Waals surface area contributed by atoms with Gasteiger partial charge >= 0.3 is 0 Å². The molecule has 0 bridgehead atoms. The fourth-order valence-electron chi connectivity index (χ4n) is 0. The Labute approximate surface area is 92.6 Å². The quantitative estimate of drug-likeness (QED) is 0.360. The molecule has 0 aliphatic rings. The van der Waals surface area contributed by atoms with E-state index in [1.807, 2.05) is 0 Å². The molecular formula is AuCuFeNiPt. The van der Waals surface area contributed by atoms with E-state index in [9.17, 15) is 0 Å². The van der Waals surface area contributed by atoms with E-state index in [0.717, 1.165) is 0 Å². The van der Waals surface area contributed by atoms with Crippen molar-refractivity contribution in [2.75, 3.05) is 0 Å². The van der Waals surface area contributed by atoms with E-state index in [2.05, 4.69) is 0 Å². The van der Waals surface area contributed by atoms with Crippen molar-refractivity contribution in [1.29, 1.82) is 0 Å². The Bertz CT molecular complexity index is 11.6. The van der Waals surface area contributed by atoms with Crippen molar-refractivity contribution < 1.29 is 94.1 Å². The smallest absolute Gasteiger partial charge is 0 e. The zero-order valence-electron chi connectivity index (χ0n) is 1.59. The van der Waals surface area contributed by atoms with Gasteiger partial charge in [-0.2, -0.15) is 0 Å². The van der Waals surface area contributed by atoms with Crippen molar-refractivity contribution in [2.24, 2.45) is 0 Å². The van der Waals surface area contributed by atoms with Gasteiger partial charge in [0.15, 0.2) is 0 Å². The first-order chi connectivity index (χ1) is 0. The molecule has 0 unspecified atom stereocenters. The molecule has 0 aromatic carbocycles. The van der Waals surface area contributed by atoms with Crippen LogP contribution in [0.15, 0.2) is 0 Å². The molecule has 0 aromatic rings. The number of hydrogen-bond donors (Lipinski definition) is 0. The van der Waals surface area contributed by atoms with Crippen molar-refractivity contribution >= 4 is 0 Å². The molecule has 0 N–H and O–H groups in total. The Morgan fingerprint density at radius 1 is 1.00 bits per heavy atom. The Balaban J connectivity index is 0. The first-order valence-electron chi connectivity index (χ1n) is 0. The van der Waals surface area contributed by atoms with Crippen LogP contribution in [-0.4, -0.2) is 0 Å². The normalized spacial score (nSPS) is 0. The van der Waals surface area contributed by atoms with E-state index >= 15 is 0 Å². The largest absolute Gasteiger partial charge is 0 e. The van der Waals surface area contributed by atoms with E-state index < -0.39 is 0 Å². The summed E-state index contributed by atoms with van der Waals surface area (Å²) >= 11 is 0. The van der Waals surface area contributed by atoms with Gasteiger partial charge in [0.25, 0.3) is 0 Å². The van der Waals surface area contributed by atoms with Crippen LogP contribution in [0.1, 0.15) is 0 Å². The van der Waals surface area contributed by atoms with Gasteiger partial charge in [-0.15, -0.1) is 0 Å². The molecule has 0 spiro atoms. The van der Waals surface area contributed by atoms with Gasteiger partial charge in [0.2, 0.25) is 0 Å². The SMILES string of the molecule is [Au].[Cu].[Fe].[Ni].[Pt]. The van der Waals surface area contributed by atoms with Crippen LogP contribution in [0.2, 0.25) is 0 Å². The van der Waals surface area contributed by atoms with Crippen molar-refractivity contribution in [3.05, 3.63) is 0 Å². The summed E-state index contributed by atoms with van der Waals surface area (Å²) in [6.07, 6.45) is 0. The van der Waals surface area contributed by atoms with E-state index in [1.54, 1.807) is 0 Å². The van der Waals surface area contributed by atoms with Crippen LogP contribution in [0.25, 0.3) is 0 Å². The Morgan fingerprint density at radius 3 is 1.00 bits per heavy atom. The molecule has 0 aromatic heterocycles. The maximum atomic E-state index is 0. The Morgan fingerprint density at radius 2 is 1.00 bits per heavy atom. The van der Waals surface area contributed by atoms with Crippen molar-refractivity contribution in [3.63, 3.8) is 0 Å². The molecule has 0 amide bonds. The fraction of sp³-hybridized carbons (Fsp3) is 0. The number of hydrogen-bond acceptors (Lipinski definition) is 0.